The Balaban J connectivity index is 2.15. The van der Waals surface area contributed by atoms with Crippen LogP contribution in [0.2, 0.25) is 0 Å². The van der Waals surface area contributed by atoms with Crippen molar-refractivity contribution in [1.82, 2.24) is 15.6 Å². The summed E-state index contributed by atoms with van der Waals surface area (Å²) in [6, 6.07) is 5.46. The smallest absolute Gasteiger partial charge is 0.229 e. The van der Waals surface area contributed by atoms with Crippen LogP contribution in [-0.4, -0.2) is 37.1 Å². The van der Waals surface area contributed by atoms with E-state index >= 15 is 0 Å². The van der Waals surface area contributed by atoms with Gasteiger partial charge in [-0.15, -0.1) is 0 Å². The third-order valence-electron chi connectivity index (χ3n) is 2.36. The number of hydrogen-bond acceptors (Lipinski definition) is 4. The van der Waals surface area contributed by atoms with Crippen LogP contribution in [-0.2, 0) is 20.9 Å². The van der Waals surface area contributed by atoms with E-state index in [1.807, 2.05) is 12.1 Å². The standard InChI is InChI=1S/C13H19N3O3/c1-19-8-4-7-15-12(17)9-13(18)16-10-11-5-2-3-6-14-11/h2-3,5-6H,4,7-10H2,1H3,(H,15,17)(H,16,18). The minimum absolute atomic E-state index is 0.167. The van der Waals surface area contributed by atoms with Gasteiger partial charge in [0.05, 0.1) is 12.2 Å². The second kappa shape index (κ2) is 9.04. The highest BCUT2D eigenvalue weighted by atomic mass is 16.5. The number of methoxy groups -OCH3 is 1. The van der Waals surface area contributed by atoms with Crippen molar-refractivity contribution in [2.45, 2.75) is 19.4 Å². The van der Waals surface area contributed by atoms with Crippen LogP contribution in [0.1, 0.15) is 18.5 Å². The number of carbonyl (C=O) groups is 2. The van der Waals surface area contributed by atoms with E-state index in [0.29, 0.717) is 19.7 Å². The molecular weight excluding hydrogens is 246 g/mol. The first-order valence-electron chi connectivity index (χ1n) is 6.14. The number of carbonyl (C=O) groups excluding carboxylic acids is 2. The summed E-state index contributed by atoms with van der Waals surface area (Å²) in [4.78, 5) is 27.0. The maximum atomic E-state index is 11.5. The molecule has 6 nitrogen and oxygen atoms in total. The van der Waals surface area contributed by atoms with E-state index in [4.69, 9.17) is 4.74 Å². The van der Waals surface area contributed by atoms with Crippen LogP contribution in [0, 0.1) is 0 Å². The van der Waals surface area contributed by atoms with Gasteiger partial charge in [0.25, 0.3) is 0 Å². The Morgan fingerprint density at radius 2 is 2.05 bits per heavy atom. The molecule has 104 valence electrons. The molecule has 6 heteroatoms. The van der Waals surface area contributed by atoms with Crippen LogP contribution in [0.3, 0.4) is 0 Å². The molecule has 0 bridgehead atoms. The fourth-order valence-electron chi connectivity index (χ4n) is 1.41. The lowest BCUT2D eigenvalue weighted by Crippen LogP contribution is -2.32. The van der Waals surface area contributed by atoms with E-state index in [1.54, 1.807) is 19.4 Å². The summed E-state index contributed by atoms with van der Waals surface area (Å²) in [5.41, 5.74) is 0.761. The summed E-state index contributed by atoms with van der Waals surface area (Å²) in [6.45, 7) is 1.43. The number of aromatic nitrogens is 1. The van der Waals surface area contributed by atoms with Crippen LogP contribution in [0.25, 0.3) is 0 Å². The minimum atomic E-state index is -0.310. The van der Waals surface area contributed by atoms with Crippen LogP contribution in [0.5, 0.6) is 0 Å². The Kier molecular flexibility index (Phi) is 7.19. The van der Waals surface area contributed by atoms with Gasteiger partial charge in [-0.25, -0.2) is 0 Å². The fourth-order valence-corrected chi connectivity index (χ4v) is 1.41. The quantitative estimate of drug-likeness (QED) is 0.521. The van der Waals surface area contributed by atoms with E-state index in [9.17, 15) is 9.59 Å². The predicted octanol–water partition coefficient (Wildman–Crippen LogP) is 0.241. The molecule has 1 aromatic heterocycles. The van der Waals surface area contributed by atoms with Crippen LogP contribution >= 0.6 is 0 Å². The van der Waals surface area contributed by atoms with Gasteiger partial charge in [-0.05, 0) is 18.6 Å². The Labute approximate surface area is 112 Å². The third-order valence-corrected chi connectivity index (χ3v) is 2.36. The molecule has 0 saturated heterocycles. The largest absolute Gasteiger partial charge is 0.385 e. The molecular formula is C13H19N3O3. The third kappa shape index (κ3) is 7.15. The van der Waals surface area contributed by atoms with Crippen molar-refractivity contribution in [3.8, 4) is 0 Å². The maximum Gasteiger partial charge on any atom is 0.229 e. The SMILES string of the molecule is COCCCNC(=O)CC(=O)NCc1ccccn1. The van der Waals surface area contributed by atoms with E-state index in [1.165, 1.54) is 0 Å². The fraction of sp³-hybridized carbons (Fsp3) is 0.462. The Hall–Kier alpha value is -1.95. The molecule has 0 atom stereocenters. The van der Waals surface area contributed by atoms with Crippen molar-refractivity contribution >= 4 is 11.8 Å². The summed E-state index contributed by atoms with van der Waals surface area (Å²) in [5, 5.41) is 5.30. The van der Waals surface area contributed by atoms with Gasteiger partial charge in [-0.2, -0.15) is 0 Å². The zero-order valence-corrected chi connectivity index (χ0v) is 11.0. The summed E-state index contributed by atoms with van der Waals surface area (Å²) >= 11 is 0. The molecule has 0 aliphatic heterocycles. The summed E-state index contributed by atoms with van der Waals surface area (Å²) < 4.78 is 4.85. The number of hydrogen-bond donors (Lipinski definition) is 2. The molecule has 1 heterocycles. The molecule has 0 aromatic carbocycles. The van der Waals surface area contributed by atoms with Gasteiger partial charge in [0.15, 0.2) is 0 Å². The molecule has 1 aromatic rings. The lowest BCUT2D eigenvalue weighted by atomic mass is 10.3. The van der Waals surface area contributed by atoms with Gasteiger partial charge in [-0.1, -0.05) is 6.07 Å². The second-order valence-electron chi connectivity index (χ2n) is 3.97. The van der Waals surface area contributed by atoms with Crippen LogP contribution in [0.15, 0.2) is 24.4 Å². The zero-order chi connectivity index (χ0) is 13.9. The number of amides is 2. The van der Waals surface area contributed by atoms with Crippen molar-refractivity contribution < 1.29 is 14.3 Å². The van der Waals surface area contributed by atoms with Crippen molar-refractivity contribution in [2.75, 3.05) is 20.3 Å². The van der Waals surface area contributed by atoms with Crippen molar-refractivity contribution in [3.05, 3.63) is 30.1 Å². The maximum absolute atomic E-state index is 11.5. The molecule has 0 fully saturated rings. The van der Waals surface area contributed by atoms with Gasteiger partial charge in [0.1, 0.15) is 6.42 Å². The topological polar surface area (TPSA) is 80.3 Å². The normalized spacial score (nSPS) is 9.95. The summed E-state index contributed by atoms with van der Waals surface area (Å²) in [5.74, 6) is -0.593. The van der Waals surface area contributed by atoms with E-state index in [0.717, 1.165) is 12.1 Å². The highest BCUT2D eigenvalue weighted by Crippen LogP contribution is 1.92. The number of nitrogens with zero attached hydrogens (tertiary/aromatic N) is 1. The molecule has 19 heavy (non-hydrogen) atoms. The first kappa shape index (κ1) is 15.1. The molecule has 2 N–H and O–H groups in total. The van der Waals surface area contributed by atoms with Gasteiger partial charge >= 0.3 is 0 Å². The summed E-state index contributed by atoms with van der Waals surface area (Å²) in [6.07, 6.45) is 2.22. The lowest BCUT2D eigenvalue weighted by molar-refractivity contribution is -0.129. The number of rotatable bonds is 8. The lowest BCUT2D eigenvalue weighted by Gasteiger charge is -2.06. The Bertz CT molecular complexity index is 395. The molecule has 0 aliphatic carbocycles. The van der Waals surface area contributed by atoms with E-state index < -0.39 is 0 Å². The molecule has 1 rings (SSSR count). The molecule has 0 aliphatic rings. The monoisotopic (exact) mass is 265 g/mol. The van der Waals surface area contributed by atoms with Crippen molar-refractivity contribution in [3.63, 3.8) is 0 Å². The van der Waals surface area contributed by atoms with Crippen LogP contribution in [0.4, 0.5) is 0 Å². The number of nitrogens with one attached hydrogen (secondary N) is 2. The van der Waals surface area contributed by atoms with E-state index in [-0.39, 0.29) is 18.2 Å². The zero-order valence-electron chi connectivity index (χ0n) is 11.0. The highest BCUT2D eigenvalue weighted by molar-refractivity contribution is 5.96. The Morgan fingerprint density at radius 1 is 1.26 bits per heavy atom. The van der Waals surface area contributed by atoms with Crippen molar-refractivity contribution in [2.24, 2.45) is 0 Å². The van der Waals surface area contributed by atoms with Gasteiger partial charge < -0.3 is 15.4 Å². The van der Waals surface area contributed by atoms with E-state index in [2.05, 4.69) is 15.6 Å². The number of ether oxygens (including phenoxy) is 1. The molecule has 0 radical (unpaired) electrons. The second-order valence-corrected chi connectivity index (χ2v) is 3.97. The molecule has 0 spiro atoms. The molecule has 0 saturated carbocycles. The highest BCUT2D eigenvalue weighted by Gasteiger charge is 2.08. The first-order chi connectivity index (χ1) is 9.22. The molecule has 0 unspecified atom stereocenters. The molecule has 2 amide bonds. The average molecular weight is 265 g/mol. The van der Waals surface area contributed by atoms with Crippen molar-refractivity contribution in [1.29, 1.82) is 0 Å². The number of pyridine rings is 1. The summed E-state index contributed by atoms with van der Waals surface area (Å²) in [7, 11) is 1.60. The van der Waals surface area contributed by atoms with Gasteiger partial charge in [0, 0.05) is 26.5 Å². The predicted molar refractivity (Wildman–Crippen MR) is 70.2 cm³/mol. The Morgan fingerprint density at radius 3 is 2.74 bits per heavy atom. The average Bonchev–Trinajstić information content (AvgIpc) is 2.42. The van der Waals surface area contributed by atoms with Crippen LogP contribution < -0.4 is 10.6 Å². The first-order valence-corrected chi connectivity index (χ1v) is 6.14. The van der Waals surface area contributed by atoms with Gasteiger partial charge in [-0.3, -0.25) is 14.6 Å². The van der Waals surface area contributed by atoms with Gasteiger partial charge in [0.2, 0.25) is 11.8 Å². The minimum Gasteiger partial charge on any atom is -0.385 e.